The molecule has 0 amide bonds. The first-order valence-electron chi connectivity index (χ1n) is 10.2. The number of carbonyl (C=O) groups excluding carboxylic acids is 1. The molecule has 0 N–H and O–H groups in total. The monoisotopic (exact) mass is 454 g/mol. The van der Waals surface area contributed by atoms with Gasteiger partial charge in [0.15, 0.2) is 0 Å². The number of thioether (sulfide) groups is 1. The van der Waals surface area contributed by atoms with Crippen molar-refractivity contribution in [3.8, 4) is 28.5 Å². The lowest BCUT2D eigenvalue weighted by atomic mass is 9.99. The number of hydrogen-bond acceptors (Lipinski definition) is 5. The molecule has 1 heterocycles. The summed E-state index contributed by atoms with van der Waals surface area (Å²) in [4.78, 5) is 17.0. The second-order valence-electron chi connectivity index (χ2n) is 7.15. The molecular weight excluding hydrogens is 435 g/mol. The zero-order valence-electron chi connectivity index (χ0n) is 17.6. The molecule has 0 saturated heterocycles. The molecule has 33 heavy (non-hydrogen) atoms. The van der Waals surface area contributed by atoms with E-state index < -0.39 is 5.97 Å². The topological polar surface area (TPSA) is 63.0 Å². The molecule has 3 aromatic carbocycles. The maximum atomic E-state index is 13.4. The van der Waals surface area contributed by atoms with Gasteiger partial charge in [-0.25, -0.2) is 9.37 Å². The Kier molecular flexibility index (Phi) is 7.13. The van der Waals surface area contributed by atoms with E-state index in [1.165, 1.54) is 12.1 Å². The van der Waals surface area contributed by atoms with E-state index in [1.807, 2.05) is 66.7 Å². The van der Waals surface area contributed by atoms with Crippen LogP contribution in [0.5, 0.6) is 0 Å². The summed E-state index contributed by atoms with van der Waals surface area (Å²) in [5, 5.41) is 10.3. The van der Waals surface area contributed by atoms with Gasteiger partial charge in [-0.1, -0.05) is 72.4 Å². The highest BCUT2D eigenvalue weighted by atomic mass is 32.2. The molecule has 162 valence electrons. The predicted octanol–water partition coefficient (Wildman–Crippen LogP) is 6.26. The van der Waals surface area contributed by atoms with E-state index in [1.54, 1.807) is 12.1 Å². The summed E-state index contributed by atoms with van der Waals surface area (Å²) in [5.41, 5.74) is 4.14. The Balaban J connectivity index is 1.63. The predicted molar refractivity (Wildman–Crippen MR) is 127 cm³/mol. The quantitative estimate of drug-likeness (QED) is 0.244. The summed E-state index contributed by atoms with van der Waals surface area (Å²) in [6.45, 7) is 0.184. The first kappa shape index (κ1) is 22.3. The van der Waals surface area contributed by atoms with Crippen LogP contribution >= 0.6 is 11.8 Å². The van der Waals surface area contributed by atoms with E-state index in [2.05, 4.69) is 11.1 Å². The van der Waals surface area contributed by atoms with Crippen LogP contribution in [0.15, 0.2) is 96.0 Å². The fourth-order valence-corrected chi connectivity index (χ4v) is 4.06. The molecule has 6 heteroatoms. The third-order valence-corrected chi connectivity index (χ3v) is 5.84. The van der Waals surface area contributed by atoms with Crippen LogP contribution in [0, 0.1) is 17.1 Å². The van der Waals surface area contributed by atoms with Gasteiger partial charge in [0.05, 0.1) is 17.0 Å². The Labute approximate surface area is 195 Å². The first-order valence-corrected chi connectivity index (χ1v) is 11.2. The van der Waals surface area contributed by atoms with Crippen molar-refractivity contribution in [2.45, 2.75) is 11.6 Å². The summed E-state index contributed by atoms with van der Waals surface area (Å²) < 4.78 is 18.8. The number of halogens is 1. The number of pyridine rings is 1. The molecule has 0 spiro atoms. The van der Waals surface area contributed by atoms with Crippen molar-refractivity contribution in [1.82, 2.24) is 4.98 Å². The van der Waals surface area contributed by atoms with Crippen molar-refractivity contribution in [3.63, 3.8) is 0 Å². The maximum absolute atomic E-state index is 13.4. The van der Waals surface area contributed by atoms with Gasteiger partial charge >= 0.3 is 5.97 Å². The second-order valence-corrected chi connectivity index (χ2v) is 8.12. The lowest BCUT2D eigenvalue weighted by Gasteiger charge is -2.12. The summed E-state index contributed by atoms with van der Waals surface area (Å²) in [6.07, 6.45) is 0. The Hall–Kier alpha value is -3.95. The van der Waals surface area contributed by atoms with Crippen LogP contribution in [0.25, 0.3) is 22.4 Å². The molecule has 4 nitrogen and oxygen atoms in total. The Bertz CT molecular complexity index is 1290. The Morgan fingerprint density at radius 3 is 2.27 bits per heavy atom. The van der Waals surface area contributed by atoms with Crippen molar-refractivity contribution in [3.05, 3.63) is 108 Å². The maximum Gasteiger partial charge on any atom is 0.316 e. The normalized spacial score (nSPS) is 10.4. The van der Waals surface area contributed by atoms with Crippen LogP contribution in [0.1, 0.15) is 11.1 Å². The minimum absolute atomic E-state index is 0.00954. The number of rotatable bonds is 7. The lowest BCUT2D eigenvalue weighted by Crippen LogP contribution is -2.08. The third-order valence-electron chi connectivity index (χ3n) is 4.89. The summed E-state index contributed by atoms with van der Waals surface area (Å²) in [6, 6.07) is 29.0. The molecule has 4 rings (SSSR count). The van der Waals surface area contributed by atoms with Crippen LogP contribution in [0.4, 0.5) is 4.39 Å². The number of aromatic nitrogens is 1. The molecule has 0 radical (unpaired) electrons. The van der Waals surface area contributed by atoms with Gasteiger partial charge < -0.3 is 4.74 Å². The Morgan fingerprint density at radius 2 is 1.61 bits per heavy atom. The van der Waals surface area contributed by atoms with Crippen molar-refractivity contribution < 1.29 is 13.9 Å². The molecule has 0 saturated carbocycles. The number of nitriles is 1. The van der Waals surface area contributed by atoms with E-state index in [4.69, 9.17) is 4.74 Å². The molecule has 1 aromatic heterocycles. The number of benzene rings is 3. The van der Waals surface area contributed by atoms with Gasteiger partial charge in [-0.15, -0.1) is 0 Å². The zero-order valence-corrected chi connectivity index (χ0v) is 18.4. The molecule has 0 unspecified atom stereocenters. The van der Waals surface area contributed by atoms with Crippen molar-refractivity contribution in [1.29, 1.82) is 5.26 Å². The van der Waals surface area contributed by atoms with Gasteiger partial charge in [0.25, 0.3) is 0 Å². The number of ether oxygens (including phenoxy) is 1. The standard InChI is InChI=1S/C27H19FN2O2S/c28-22-13-11-21(12-14-22)25-15-23(20-9-5-2-6-10-20)24(16-29)27(30-25)33-18-26(31)32-17-19-7-3-1-4-8-19/h1-15H,17-18H2. The van der Waals surface area contributed by atoms with Crippen molar-refractivity contribution in [2.24, 2.45) is 0 Å². The minimum Gasteiger partial charge on any atom is -0.460 e. The average molecular weight is 455 g/mol. The lowest BCUT2D eigenvalue weighted by molar-refractivity contribution is -0.141. The van der Waals surface area contributed by atoms with Gasteiger partial charge in [-0.2, -0.15) is 5.26 Å². The van der Waals surface area contributed by atoms with Crippen LogP contribution in [0.3, 0.4) is 0 Å². The summed E-state index contributed by atoms with van der Waals surface area (Å²) in [5.74, 6) is -0.732. The molecule has 0 bridgehead atoms. The molecule has 0 aliphatic heterocycles. The van der Waals surface area contributed by atoms with E-state index in [0.717, 1.165) is 22.9 Å². The van der Waals surface area contributed by atoms with E-state index >= 15 is 0 Å². The fourth-order valence-electron chi connectivity index (χ4n) is 3.26. The average Bonchev–Trinajstić information content (AvgIpc) is 2.87. The van der Waals surface area contributed by atoms with E-state index in [-0.39, 0.29) is 18.2 Å². The largest absolute Gasteiger partial charge is 0.460 e. The SMILES string of the molecule is N#Cc1c(-c2ccccc2)cc(-c2ccc(F)cc2)nc1SCC(=O)OCc1ccccc1. The first-order chi connectivity index (χ1) is 16.1. The molecule has 0 aliphatic rings. The highest BCUT2D eigenvalue weighted by molar-refractivity contribution is 7.99. The highest BCUT2D eigenvalue weighted by Crippen LogP contribution is 2.34. The van der Waals surface area contributed by atoms with Crippen LogP contribution in [-0.4, -0.2) is 16.7 Å². The van der Waals surface area contributed by atoms with Gasteiger partial charge in [0, 0.05) is 11.1 Å². The molecule has 0 aliphatic carbocycles. The zero-order chi connectivity index (χ0) is 23.0. The van der Waals surface area contributed by atoms with Crippen molar-refractivity contribution >= 4 is 17.7 Å². The van der Waals surface area contributed by atoms with Crippen LogP contribution in [-0.2, 0) is 16.1 Å². The summed E-state index contributed by atoms with van der Waals surface area (Å²) in [7, 11) is 0. The number of nitrogens with zero attached hydrogens (tertiary/aromatic N) is 2. The fraction of sp³-hybridized carbons (Fsp3) is 0.0741. The number of hydrogen-bond donors (Lipinski definition) is 0. The molecule has 0 atom stereocenters. The minimum atomic E-state index is -0.400. The molecule has 4 aromatic rings. The third kappa shape index (κ3) is 5.65. The molecular formula is C27H19FN2O2S. The molecule has 0 fully saturated rings. The Morgan fingerprint density at radius 1 is 0.939 bits per heavy atom. The number of carbonyl (C=O) groups is 1. The van der Waals surface area contributed by atoms with Gasteiger partial charge in [-0.05, 0) is 41.5 Å². The van der Waals surface area contributed by atoms with E-state index in [0.29, 0.717) is 27.4 Å². The second kappa shape index (κ2) is 10.6. The number of esters is 1. The van der Waals surface area contributed by atoms with E-state index in [9.17, 15) is 14.4 Å². The van der Waals surface area contributed by atoms with Gasteiger partial charge in [-0.3, -0.25) is 4.79 Å². The summed E-state index contributed by atoms with van der Waals surface area (Å²) >= 11 is 1.15. The highest BCUT2D eigenvalue weighted by Gasteiger charge is 2.17. The van der Waals surface area contributed by atoms with Gasteiger partial charge in [0.2, 0.25) is 0 Å². The van der Waals surface area contributed by atoms with Crippen molar-refractivity contribution in [2.75, 3.05) is 5.75 Å². The smallest absolute Gasteiger partial charge is 0.316 e. The van der Waals surface area contributed by atoms with Crippen LogP contribution in [0.2, 0.25) is 0 Å². The van der Waals surface area contributed by atoms with Crippen LogP contribution < -0.4 is 0 Å². The van der Waals surface area contributed by atoms with Gasteiger partial charge in [0.1, 0.15) is 23.5 Å².